The van der Waals surface area contributed by atoms with E-state index in [1.165, 1.54) is 24.3 Å². The molecular weight excluding hydrogens is 430 g/mol. The Morgan fingerprint density at radius 2 is 1.80 bits per heavy atom. The normalized spacial score (nSPS) is 29.0. The van der Waals surface area contributed by atoms with Gasteiger partial charge in [0.05, 0.1) is 17.6 Å². The van der Waals surface area contributed by atoms with Crippen molar-refractivity contribution in [3.05, 3.63) is 41.9 Å². The van der Waals surface area contributed by atoms with Crippen molar-refractivity contribution in [2.75, 3.05) is 19.7 Å². The maximum Gasteiger partial charge on any atom is 0.246 e. The van der Waals surface area contributed by atoms with E-state index in [4.69, 9.17) is 16.3 Å². The first-order valence-corrected chi connectivity index (χ1v) is 11.8. The van der Waals surface area contributed by atoms with E-state index < -0.39 is 28.1 Å². The van der Waals surface area contributed by atoms with Gasteiger partial charge in [-0.1, -0.05) is 17.7 Å². The summed E-state index contributed by atoms with van der Waals surface area (Å²) in [6.07, 6.45) is 2.63. The molecule has 1 aromatic carbocycles. The molecule has 0 spiro atoms. The van der Waals surface area contributed by atoms with E-state index in [1.54, 1.807) is 15.9 Å². The van der Waals surface area contributed by atoms with Crippen LogP contribution < -0.4 is 4.72 Å². The standard InChI is InChI=1S/C20H24ClN3O5S/c1-2-9-29-15-11-18-19(25)23-8-7-14(10-17(23)20(26)24(18)12-15)22-30(27,28)16-5-3-13(21)4-6-16/h2-6,14-15,17-18,22H,1,7-12H2/t14-,15-,17-,18+/m0/s1. The highest BCUT2D eigenvalue weighted by atomic mass is 35.5. The zero-order valence-corrected chi connectivity index (χ0v) is 17.9. The molecule has 3 fully saturated rings. The SMILES string of the molecule is C=CCO[C@H]1C[C@@H]2C(=O)N3CC[C@H](NS(=O)(=O)c4ccc(Cl)cc4)C[C@H]3C(=O)N2C1. The Hall–Kier alpha value is -1.94. The molecule has 0 aliphatic carbocycles. The van der Waals surface area contributed by atoms with Gasteiger partial charge in [-0.25, -0.2) is 13.1 Å². The number of carbonyl (C=O) groups excluding carboxylic acids is 2. The van der Waals surface area contributed by atoms with Gasteiger partial charge in [0.1, 0.15) is 12.1 Å². The first kappa shape index (κ1) is 21.3. The molecule has 0 radical (unpaired) electrons. The van der Waals surface area contributed by atoms with Crippen LogP contribution in [0.4, 0.5) is 0 Å². The van der Waals surface area contributed by atoms with Gasteiger partial charge in [-0.3, -0.25) is 9.59 Å². The zero-order chi connectivity index (χ0) is 21.5. The van der Waals surface area contributed by atoms with E-state index in [0.29, 0.717) is 37.6 Å². The Balaban J connectivity index is 1.46. The lowest BCUT2D eigenvalue weighted by Crippen LogP contribution is -2.66. The highest BCUT2D eigenvalue weighted by molar-refractivity contribution is 7.89. The molecule has 0 bridgehead atoms. The van der Waals surface area contributed by atoms with Crippen LogP contribution in [0.3, 0.4) is 0 Å². The number of hydrogen-bond acceptors (Lipinski definition) is 5. The summed E-state index contributed by atoms with van der Waals surface area (Å²) in [7, 11) is -3.75. The van der Waals surface area contributed by atoms with Gasteiger partial charge < -0.3 is 14.5 Å². The van der Waals surface area contributed by atoms with E-state index in [-0.39, 0.29) is 29.2 Å². The number of nitrogens with one attached hydrogen (secondary N) is 1. The minimum atomic E-state index is -3.75. The number of fused-ring (bicyclic) bond motifs is 2. The summed E-state index contributed by atoms with van der Waals surface area (Å²) in [5.41, 5.74) is 0. The summed E-state index contributed by atoms with van der Waals surface area (Å²) in [5.74, 6) is -0.219. The van der Waals surface area contributed by atoms with Crippen LogP contribution in [-0.4, -0.2) is 74.0 Å². The van der Waals surface area contributed by atoms with Gasteiger partial charge in [-0.05, 0) is 37.1 Å². The molecule has 162 valence electrons. The molecule has 0 saturated carbocycles. The fourth-order valence-electron chi connectivity index (χ4n) is 4.45. The van der Waals surface area contributed by atoms with Gasteiger partial charge in [-0.15, -0.1) is 6.58 Å². The summed E-state index contributed by atoms with van der Waals surface area (Å²) in [6.45, 7) is 4.70. The number of nitrogens with zero attached hydrogens (tertiary/aromatic N) is 2. The Bertz CT molecular complexity index is 952. The van der Waals surface area contributed by atoms with E-state index >= 15 is 0 Å². The predicted molar refractivity (Wildman–Crippen MR) is 110 cm³/mol. The number of halogens is 1. The van der Waals surface area contributed by atoms with Crippen molar-refractivity contribution >= 4 is 33.4 Å². The molecule has 4 atom stereocenters. The van der Waals surface area contributed by atoms with Crippen LogP contribution >= 0.6 is 11.6 Å². The lowest BCUT2D eigenvalue weighted by Gasteiger charge is -2.46. The van der Waals surface area contributed by atoms with E-state index in [0.717, 1.165) is 0 Å². The topological polar surface area (TPSA) is 96.0 Å². The third-order valence-corrected chi connectivity index (χ3v) is 7.69. The van der Waals surface area contributed by atoms with Crippen LogP contribution in [-0.2, 0) is 24.3 Å². The summed E-state index contributed by atoms with van der Waals surface area (Å²) in [5, 5.41) is 0.448. The zero-order valence-electron chi connectivity index (χ0n) is 16.4. The Labute approximate surface area is 180 Å². The first-order chi connectivity index (χ1) is 14.3. The minimum absolute atomic E-state index is 0.0803. The summed E-state index contributed by atoms with van der Waals surface area (Å²) in [6, 6.07) is 4.32. The highest BCUT2D eigenvalue weighted by Crippen LogP contribution is 2.33. The van der Waals surface area contributed by atoms with Gasteiger partial charge in [0.25, 0.3) is 0 Å². The Morgan fingerprint density at radius 3 is 2.50 bits per heavy atom. The average molecular weight is 454 g/mol. The van der Waals surface area contributed by atoms with Crippen LogP contribution in [0.1, 0.15) is 19.3 Å². The molecule has 10 heteroatoms. The number of rotatable bonds is 6. The van der Waals surface area contributed by atoms with Crippen molar-refractivity contribution in [3.63, 3.8) is 0 Å². The Morgan fingerprint density at radius 1 is 1.13 bits per heavy atom. The lowest BCUT2D eigenvalue weighted by atomic mass is 9.93. The molecule has 3 saturated heterocycles. The van der Waals surface area contributed by atoms with Gasteiger partial charge in [-0.2, -0.15) is 0 Å². The van der Waals surface area contributed by atoms with Gasteiger partial charge >= 0.3 is 0 Å². The predicted octanol–water partition coefficient (Wildman–Crippen LogP) is 1.16. The second kappa shape index (κ2) is 8.30. The van der Waals surface area contributed by atoms with Crippen LogP contribution in [0.2, 0.25) is 5.02 Å². The quantitative estimate of drug-likeness (QED) is 0.652. The maximum absolute atomic E-state index is 13.1. The second-order valence-corrected chi connectivity index (χ2v) is 9.98. The molecule has 1 N–H and O–H groups in total. The smallest absolute Gasteiger partial charge is 0.246 e. The molecule has 4 rings (SSSR count). The third kappa shape index (κ3) is 3.99. The van der Waals surface area contributed by atoms with Crippen molar-refractivity contribution in [3.8, 4) is 0 Å². The van der Waals surface area contributed by atoms with Crippen molar-refractivity contribution in [1.29, 1.82) is 0 Å². The van der Waals surface area contributed by atoms with Crippen molar-refractivity contribution in [2.45, 2.75) is 48.4 Å². The maximum atomic E-state index is 13.1. The fraction of sp³-hybridized carbons (Fsp3) is 0.500. The molecular formula is C20H24ClN3O5S. The van der Waals surface area contributed by atoms with Crippen LogP contribution in [0, 0.1) is 0 Å². The van der Waals surface area contributed by atoms with Crippen molar-refractivity contribution in [1.82, 2.24) is 14.5 Å². The average Bonchev–Trinajstić information content (AvgIpc) is 3.15. The van der Waals surface area contributed by atoms with Gasteiger partial charge in [0.15, 0.2) is 0 Å². The number of carbonyl (C=O) groups is 2. The lowest BCUT2D eigenvalue weighted by molar-refractivity contribution is -0.161. The largest absolute Gasteiger partial charge is 0.372 e. The number of piperazine rings is 1. The monoisotopic (exact) mass is 453 g/mol. The second-order valence-electron chi connectivity index (χ2n) is 7.83. The van der Waals surface area contributed by atoms with Crippen molar-refractivity contribution in [2.24, 2.45) is 0 Å². The molecule has 1 aromatic rings. The summed E-state index contributed by atoms with van der Waals surface area (Å²) >= 11 is 5.83. The summed E-state index contributed by atoms with van der Waals surface area (Å²) in [4.78, 5) is 29.4. The van der Waals surface area contributed by atoms with Crippen molar-refractivity contribution < 1.29 is 22.7 Å². The highest BCUT2D eigenvalue weighted by Gasteiger charge is 2.52. The number of hydrogen-bond donors (Lipinski definition) is 1. The number of amides is 2. The molecule has 0 aromatic heterocycles. The number of piperidine rings is 1. The van der Waals surface area contributed by atoms with Crippen LogP contribution in [0.25, 0.3) is 0 Å². The molecule has 3 aliphatic rings. The van der Waals surface area contributed by atoms with Crippen LogP contribution in [0.15, 0.2) is 41.8 Å². The number of benzene rings is 1. The van der Waals surface area contributed by atoms with Crippen LogP contribution in [0.5, 0.6) is 0 Å². The molecule has 2 amide bonds. The fourth-order valence-corrected chi connectivity index (χ4v) is 5.86. The molecule has 3 heterocycles. The molecule has 0 unspecified atom stereocenters. The first-order valence-electron chi connectivity index (χ1n) is 9.91. The van der Waals surface area contributed by atoms with Gasteiger partial charge in [0.2, 0.25) is 21.8 Å². The van der Waals surface area contributed by atoms with E-state index in [2.05, 4.69) is 11.3 Å². The van der Waals surface area contributed by atoms with E-state index in [9.17, 15) is 18.0 Å². The van der Waals surface area contributed by atoms with E-state index in [1.807, 2.05) is 0 Å². The molecule has 30 heavy (non-hydrogen) atoms. The molecule has 3 aliphatic heterocycles. The minimum Gasteiger partial charge on any atom is -0.372 e. The summed E-state index contributed by atoms with van der Waals surface area (Å²) < 4.78 is 33.7. The number of ether oxygens (including phenoxy) is 1. The van der Waals surface area contributed by atoms with Gasteiger partial charge in [0, 0.05) is 30.6 Å². The molecule has 8 nitrogen and oxygen atoms in total. The third-order valence-electron chi connectivity index (χ3n) is 5.90. The Kier molecular flexibility index (Phi) is 5.89. The number of sulfonamides is 1.